The number of hydrogen-bond acceptors (Lipinski definition) is 4. The van der Waals surface area contributed by atoms with E-state index >= 15 is 0 Å². The molecule has 0 unspecified atom stereocenters. The Morgan fingerprint density at radius 3 is 2.28 bits per heavy atom. The molecule has 6 heteroatoms. The molecule has 0 saturated carbocycles. The van der Waals surface area contributed by atoms with Gasteiger partial charge in [0.25, 0.3) is 0 Å². The smallest absolute Gasteiger partial charge is 0.433 e. The predicted octanol–water partition coefficient (Wildman–Crippen LogP) is 2.15. The lowest BCUT2D eigenvalue weighted by atomic mass is 10.1. The Labute approximate surface area is 105 Å². The van der Waals surface area contributed by atoms with Crippen LogP contribution in [0.2, 0.25) is 0 Å². The number of ether oxygens (including phenoxy) is 2. The van der Waals surface area contributed by atoms with Crippen molar-refractivity contribution in [2.45, 2.75) is 13.8 Å². The first-order chi connectivity index (χ1) is 8.49. The van der Waals surface area contributed by atoms with Gasteiger partial charge in [-0.3, -0.25) is 0 Å². The second kappa shape index (κ2) is 5.90. The van der Waals surface area contributed by atoms with Crippen LogP contribution in [0.15, 0.2) is 18.2 Å². The van der Waals surface area contributed by atoms with E-state index in [1.165, 1.54) is 14.2 Å². The highest BCUT2D eigenvalue weighted by atomic mass is 16.6. The highest BCUT2D eigenvalue weighted by Crippen LogP contribution is 2.18. The molecular formula is C12H16N2O4. The van der Waals surface area contributed by atoms with Gasteiger partial charge in [0, 0.05) is 0 Å². The highest BCUT2D eigenvalue weighted by Gasteiger charge is 2.19. The first kappa shape index (κ1) is 13.8. The van der Waals surface area contributed by atoms with Gasteiger partial charge in [0.05, 0.1) is 19.9 Å². The van der Waals surface area contributed by atoms with Crippen molar-refractivity contribution in [2.75, 3.05) is 19.2 Å². The molecule has 1 aromatic rings. The number of benzene rings is 1. The number of methoxy groups -OCH3 is 2. The highest BCUT2D eigenvalue weighted by molar-refractivity contribution is 5.90. The summed E-state index contributed by atoms with van der Waals surface area (Å²) < 4.78 is 9.05. The largest absolute Gasteiger partial charge is 0.452 e. The van der Waals surface area contributed by atoms with Gasteiger partial charge in [-0.05, 0) is 37.1 Å². The maximum Gasteiger partial charge on any atom is 0.433 e. The molecular weight excluding hydrogens is 236 g/mol. The fourth-order valence-corrected chi connectivity index (χ4v) is 1.31. The molecule has 0 aliphatic rings. The first-order valence-electron chi connectivity index (χ1n) is 5.29. The zero-order valence-corrected chi connectivity index (χ0v) is 10.8. The van der Waals surface area contributed by atoms with Crippen LogP contribution in [0.4, 0.5) is 15.3 Å². The zero-order valence-electron chi connectivity index (χ0n) is 10.8. The molecule has 0 aliphatic heterocycles. The number of amides is 2. The monoisotopic (exact) mass is 252 g/mol. The minimum Gasteiger partial charge on any atom is -0.452 e. The van der Waals surface area contributed by atoms with Gasteiger partial charge in [-0.25, -0.2) is 15.0 Å². The number of hydrazine groups is 1. The summed E-state index contributed by atoms with van der Waals surface area (Å²) >= 11 is 0. The number of nitrogens with one attached hydrogen (secondary N) is 1. The van der Waals surface area contributed by atoms with Gasteiger partial charge in [0.1, 0.15) is 0 Å². The average molecular weight is 252 g/mol. The Morgan fingerprint density at radius 2 is 1.78 bits per heavy atom. The van der Waals surface area contributed by atoms with Crippen LogP contribution < -0.4 is 10.4 Å². The molecule has 0 saturated heterocycles. The van der Waals surface area contributed by atoms with E-state index in [0.29, 0.717) is 5.69 Å². The van der Waals surface area contributed by atoms with Gasteiger partial charge >= 0.3 is 12.2 Å². The first-order valence-corrected chi connectivity index (χ1v) is 5.29. The normalized spacial score (nSPS) is 9.56. The molecule has 98 valence electrons. The van der Waals surface area contributed by atoms with E-state index in [4.69, 9.17) is 0 Å². The summed E-state index contributed by atoms with van der Waals surface area (Å²) in [5.41, 5.74) is 4.85. The fourth-order valence-electron chi connectivity index (χ4n) is 1.31. The van der Waals surface area contributed by atoms with Crippen molar-refractivity contribution in [1.82, 2.24) is 5.43 Å². The molecule has 0 radical (unpaired) electrons. The Bertz CT molecular complexity index is 459. The van der Waals surface area contributed by atoms with Crippen LogP contribution in [0.3, 0.4) is 0 Å². The molecule has 0 atom stereocenters. The van der Waals surface area contributed by atoms with Crippen LogP contribution in [-0.2, 0) is 9.47 Å². The summed E-state index contributed by atoms with van der Waals surface area (Å²) in [5.74, 6) is 0. The van der Waals surface area contributed by atoms with Crippen molar-refractivity contribution in [3.8, 4) is 0 Å². The minimum absolute atomic E-state index is 0.496. The fraction of sp³-hybridized carbons (Fsp3) is 0.333. The number of nitrogens with zero attached hydrogens (tertiary/aromatic N) is 1. The van der Waals surface area contributed by atoms with Crippen molar-refractivity contribution >= 4 is 17.9 Å². The van der Waals surface area contributed by atoms with Gasteiger partial charge in [0.2, 0.25) is 0 Å². The van der Waals surface area contributed by atoms with Crippen molar-refractivity contribution in [2.24, 2.45) is 0 Å². The number of anilines is 1. The molecule has 2 amide bonds. The van der Waals surface area contributed by atoms with Gasteiger partial charge < -0.3 is 9.47 Å². The molecule has 1 N–H and O–H groups in total. The van der Waals surface area contributed by atoms with Crippen LogP contribution in [0.1, 0.15) is 11.1 Å². The topological polar surface area (TPSA) is 67.9 Å². The maximum atomic E-state index is 11.6. The number of carbonyl (C=O) groups is 2. The Balaban J connectivity index is 3.05. The van der Waals surface area contributed by atoms with E-state index in [1.807, 2.05) is 19.9 Å². The Morgan fingerprint density at radius 1 is 1.11 bits per heavy atom. The van der Waals surface area contributed by atoms with Crippen LogP contribution >= 0.6 is 0 Å². The van der Waals surface area contributed by atoms with Crippen molar-refractivity contribution in [3.63, 3.8) is 0 Å². The summed E-state index contributed by atoms with van der Waals surface area (Å²) in [6.07, 6.45) is -1.46. The van der Waals surface area contributed by atoms with E-state index in [9.17, 15) is 9.59 Å². The van der Waals surface area contributed by atoms with Crippen LogP contribution in [0.5, 0.6) is 0 Å². The SMILES string of the molecule is COC(=O)NN(C(=O)OC)c1ccc(C)c(C)c1. The summed E-state index contributed by atoms with van der Waals surface area (Å²) in [5, 5.41) is 0.984. The van der Waals surface area contributed by atoms with Gasteiger partial charge in [-0.1, -0.05) is 6.07 Å². The Kier molecular flexibility index (Phi) is 4.53. The van der Waals surface area contributed by atoms with Crippen LogP contribution in [0.25, 0.3) is 0 Å². The van der Waals surface area contributed by atoms with Crippen LogP contribution in [0, 0.1) is 13.8 Å². The quantitative estimate of drug-likeness (QED) is 0.777. The van der Waals surface area contributed by atoms with Crippen molar-refractivity contribution in [3.05, 3.63) is 29.3 Å². The second-order valence-electron chi connectivity index (χ2n) is 3.68. The zero-order chi connectivity index (χ0) is 13.7. The predicted molar refractivity (Wildman–Crippen MR) is 66.3 cm³/mol. The maximum absolute atomic E-state index is 11.6. The lowest BCUT2D eigenvalue weighted by molar-refractivity contribution is 0.157. The Hall–Kier alpha value is -2.24. The van der Waals surface area contributed by atoms with Crippen LogP contribution in [-0.4, -0.2) is 26.4 Å². The molecule has 0 fully saturated rings. The number of aryl methyl sites for hydroxylation is 2. The number of hydrogen-bond donors (Lipinski definition) is 1. The van der Waals surface area contributed by atoms with E-state index in [1.54, 1.807) is 12.1 Å². The molecule has 0 heterocycles. The minimum atomic E-state index is -0.751. The molecule has 6 nitrogen and oxygen atoms in total. The molecule has 0 bridgehead atoms. The van der Waals surface area contributed by atoms with Gasteiger partial charge in [-0.2, -0.15) is 5.01 Å². The standard InChI is InChI=1S/C12H16N2O4/c1-8-5-6-10(7-9(8)2)14(12(16)18-4)13-11(15)17-3/h5-7H,1-4H3,(H,13,15). The third-order valence-corrected chi connectivity index (χ3v) is 2.49. The molecule has 0 aromatic heterocycles. The molecule has 18 heavy (non-hydrogen) atoms. The van der Waals surface area contributed by atoms with Gasteiger partial charge in [-0.15, -0.1) is 0 Å². The molecule has 0 aliphatic carbocycles. The number of carbonyl (C=O) groups excluding carboxylic acids is 2. The average Bonchev–Trinajstić information content (AvgIpc) is 2.38. The van der Waals surface area contributed by atoms with E-state index < -0.39 is 12.2 Å². The van der Waals surface area contributed by atoms with E-state index in [0.717, 1.165) is 16.1 Å². The summed E-state index contributed by atoms with van der Waals surface area (Å²) in [4.78, 5) is 22.8. The number of rotatable bonds is 1. The van der Waals surface area contributed by atoms with E-state index in [2.05, 4.69) is 14.9 Å². The summed E-state index contributed by atoms with van der Waals surface area (Å²) in [6.45, 7) is 3.86. The molecule has 1 aromatic carbocycles. The van der Waals surface area contributed by atoms with Gasteiger partial charge in [0.15, 0.2) is 0 Å². The third kappa shape index (κ3) is 3.13. The summed E-state index contributed by atoms with van der Waals surface area (Å²) in [7, 11) is 2.44. The second-order valence-corrected chi connectivity index (χ2v) is 3.68. The van der Waals surface area contributed by atoms with Crippen molar-refractivity contribution < 1.29 is 19.1 Å². The lowest BCUT2D eigenvalue weighted by Gasteiger charge is -2.21. The molecule has 1 rings (SSSR count). The lowest BCUT2D eigenvalue weighted by Crippen LogP contribution is -2.46. The molecule has 0 spiro atoms. The van der Waals surface area contributed by atoms with E-state index in [-0.39, 0.29) is 0 Å². The van der Waals surface area contributed by atoms with Crippen molar-refractivity contribution in [1.29, 1.82) is 0 Å². The summed E-state index contributed by atoms with van der Waals surface area (Å²) in [6, 6.07) is 5.32. The third-order valence-electron chi connectivity index (χ3n) is 2.49.